The van der Waals surface area contributed by atoms with Gasteiger partial charge in [0.25, 0.3) is 5.91 Å². The molecule has 0 unspecified atom stereocenters. The number of carbonyl (C=O) groups excluding carboxylic acids is 2. The molecule has 1 aliphatic heterocycles. The van der Waals surface area contributed by atoms with Crippen LogP contribution < -0.4 is 10.2 Å². The number of pyridine rings is 1. The van der Waals surface area contributed by atoms with Crippen LogP contribution in [0.3, 0.4) is 0 Å². The Morgan fingerprint density at radius 2 is 2.00 bits per heavy atom. The van der Waals surface area contributed by atoms with Gasteiger partial charge in [-0.15, -0.1) is 0 Å². The number of amides is 2. The second kappa shape index (κ2) is 7.11. The van der Waals surface area contributed by atoms with Gasteiger partial charge in [-0.25, -0.2) is 4.98 Å². The summed E-state index contributed by atoms with van der Waals surface area (Å²) in [7, 11) is 0. The Bertz CT molecular complexity index is 1070. The molecule has 2 amide bonds. The zero-order valence-corrected chi connectivity index (χ0v) is 16.4. The van der Waals surface area contributed by atoms with Gasteiger partial charge in [0.05, 0.1) is 5.69 Å². The molecule has 0 saturated heterocycles. The quantitative estimate of drug-likeness (QED) is 0.755. The summed E-state index contributed by atoms with van der Waals surface area (Å²) in [5.74, 6) is -0.166. The standard InChI is InChI=1S/C22H24N4O2/c1-14(2)22(28)25-12-6-7-16-9-10-17(13-18(16)25)24-21(27)20-15(3)23-19-8-4-5-11-26(19)20/h4-5,8-11,13-14H,6-7,12H2,1-3H3,(H,24,27). The highest BCUT2D eigenvalue weighted by molar-refractivity contribution is 6.05. The maximum atomic E-state index is 12.9. The molecule has 4 rings (SSSR count). The van der Waals surface area contributed by atoms with E-state index in [4.69, 9.17) is 0 Å². The first-order chi connectivity index (χ1) is 13.5. The molecule has 0 spiro atoms. The normalized spacial score (nSPS) is 13.6. The van der Waals surface area contributed by atoms with E-state index in [2.05, 4.69) is 10.3 Å². The lowest BCUT2D eigenvalue weighted by Gasteiger charge is -2.31. The molecule has 0 bridgehead atoms. The summed E-state index contributed by atoms with van der Waals surface area (Å²) in [6.45, 7) is 6.37. The number of hydrogen-bond acceptors (Lipinski definition) is 3. The number of nitrogens with zero attached hydrogens (tertiary/aromatic N) is 3. The van der Waals surface area contributed by atoms with Crippen LogP contribution in [-0.2, 0) is 11.2 Å². The minimum Gasteiger partial charge on any atom is -0.321 e. The average molecular weight is 376 g/mol. The van der Waals surface area contributed by atoms with E-state index in [9.17, 15) is 9.59 Å². The largest absolute Gasteiger partial charge is 0.321 e. The van der Waals surface area contributed by atoms with Crippen molar-refractivity contribution in [2.45, 2.75) is 33.6 Å². The van der Waals surface area contributed by atoms with Crippen molar-refractivity contribution in [2.24, 2.45) is 5.92 Å². The molecule has 0 radical (unpaired) electrons. The summed E-state index contributed by atoms with van der Waals surface area (Å²) in [6, 6.07) is 11.5. The Kier molecular flexibility index (Phi) is 4.63. The maximum absolute atomic E-state index is 12.9. The number of anilines is 2. The minimum absolute atomic E-state index is 0.0648. The molecule has 6 heteroatoms. The van der Waals surface area contributed by atoms with Crippen molar-refractivity contribution in [2.75, 3.05) is 16.8 Å². The van der Waals surface area contributed by atoms with Crippen molar-refractivity contribution in [3.8, 4) is 0 Å². The van der Waals surface area contributed by atoms with Crippen LogP contribution in [-0.4, -0.2) is 27.7 Å². The molecule has 0 aliphatic carbocycles. The second-order valence-electron chi connectivity index (χ2n) is 7.52. The van der Waals surface area contributed by atoms with Crippen molar-refractivity contribution in [3.63, 3.8) is 0 Å². The monoisotopic (exact) mass is 376 g/mol. The van der Waals surface area contributed by atoms with Crippen LogP contribution in [0.25, 0.3) is 5.65 Å². The molecule has 1 aromatic carbocycles. The number of benzene rings is 1. The fourth-order valence-electron chi connectivity index (χ4n) is 3.77. The lowest BCUT2D eigenvalue weighted by molar-refractivity contribution is -0.121. The highest BCUT2D eigenvalue weighted by Crippen LogP contribution is 2.31. The van der Waals surface area contributed by atoms with Gasteiger partial charge < -0.3 is 10.2 Å². The van der Waals surface area contributed by atoms with Gasteiger partial charge in [-0.3, -0.25) is 14.0 Å². The molecule has 0 fully saturated rings. The third-order valence-corrected chi connectivity index (χ3v) is 5.14. The van der Waals surface area contributed by atoms with E-state index in [1.54, 1.807) is 4.40 Å². The molecule has 0 saturated carbocycles. The predicted molar refractivity (Wildman–Crippen MR) is 110 cm³/mol. The summed E-state index contributed by atoms with van der Waals surface area (Å²) in [5, 5.41) is 2.98. The van der Waals surface area contributed by atoms with Crippen molar-refractivity contribution >= 4 is 28.8 Å². The number of rotatable bonds is 3. The molecule has 144 valence electrons. The highest BCUT2D eigenvalue weighted by Gasteiger charge is 2.25. The average Bonchev–Trinajstić information content (AvgIpc) is 3.02. The topological polar surface area (TPSA) is 66.7 Å². The van der Waals surface area contributed by atoms with Gasteiger partial charge in [-0.1, -0.05) is 26.0 Å². The zero-order valence-electron chi connectivity index (χ0n) is 16.4. The minimum atomic E-state index is -0.214. The van der Waals surface area contributed by atoms with E-state index in [0.717, 1.165) is 29.7 Å². The summed E-state index contributed by atoms with van der Waals surface area (Å²) in [4.78, 5) is 31.8. The van der Waals surface area contributed by atoms with Gasteiger partial charge in [-0.2, -0.15) is 0 Å². The van der Waals surface area contributed by atoms with Crippen LogP contribution >= 0.6 is 0 Å². The molecule has 6 nitrogen and oxygen atoms in total. The molecule has 1 N–H and O–H groups in total. The smallest absolute Gasteiger partial charge is 0.274 e. The molecule has 3 heterocycles. The van der Waals surface area contributed by atoms with E-state index < -0.39 is 0 Å². The first-order valence-corrected chi connectivity index (χ1v) is 9.65. The fourth-order valence-corrected chi connectivity index (χ4v) is 3.77. The van der Waals surface area contributed by atoms with E-state index in [1.807, 2.05) is 68.3 Å². The lowest BCUT2D eigenvalue weighted by atomic mass is 9.99. The van der Waals surface area contributed by atoms with E-state index in [1.165, 1.54) is 0 Å². The highest BCUT2D eigenvalue weighted by atomic mass is 16.2. The van der Waals surface area contributed by atoms with Crippen LogP contribution in [0.2, 0.25) is 0 Å². The summed E-state index contributed by atoms with van der Waals surface area (Å²) in [5.41, 5.74) is 4.66. The molecule has 28 heavy (non-hydrogen) atoms. The van der Waals surface area contributed by atoms with Gasteiger partial charge in [0.15, 0.2) is 0 Å². The van der Waals surface area contributed by atoms with Crippen LogP contribution in [0.4, 0.5) is 11.4 Å². The molecule has 0 atom stereocenters. The Morgan fingerprint density at radius 1 is 1.18 bits per heavy atom. The van der Waals surface area contributed by atoms with Gasteiger partial charge in [0, 0.05) is 30.0 Å². The predicted octanol–water partition coefficient (Wildman–Crippen LogP) is 3.83. The number of nitrogens with one attached hydrogen (secondary N) is 1. The summed E-state index contributed by atoms with van der Waals surface area (Å²) < 4.78 is 1.79. The maximum Gasteiger partial charge on any atom is 0.274 e. The fraction of sp³-hybridized carbons (Fsp3) is 0.318. The van der Waals surface area contributed by atoms with Crippen LogP contribution in [0, 0.1) is 12.8 Å². The van der Waals surface area contributed by atoms with Gasteiger partial charge in [-0.05, 0) is 49.6 Å². The number of imidazole rings is 1. The molecule has 3 aromatic rings. The van der Waals surface area contributed by atoms with E-state index in [0.29, 0.717) is 23.6 Å². The van der Waals surface area contributed by atoms with Crippen molar-refractivity contribution in [3.05, 3.63) is 59.5 Å². The van der Waals surface area contributed by atoms with Crippen molar-refractivity contribution in [1.29, 1.82) is 0 Å². The Hall–Kier alpha value is -3.15. The van der Waals surface area contributed by atoms with Gasteiger partial charge >= 0.3 is 0 Å². The Labute approximate surface area is 164 Å². The molecule has 1 aliphatic rings. The third kappa shape index (κ3) is 3.15. The van der Waals surface area contributed by atoms with Crippen LogP contribution in [0.1, 0.15) is 42.0 Å². The Balaban J connectivity index is 1.65. The van der Waals surface area contributed by atoms with E-state index in [-0.39, 0.29) is 17.7 Å². The van der Waals surface area contributed by atoms with Gasteiger partial charge in [0.2, 0.25) is 5.91 Å². The number of aromatic nitrogens is 2. The summed E-state index contributed by atoms with van der Waals surface area (Å²) >= 11 is 0. The van der Waals surface area contributed by atoms with Crippen molar-refractivity contribution < 1.29 is 9.59 Å². The first-order valence-electron chi connectivity index (χ1n) is 9.65. The molecular formula is C22H24N4O2. The van der Waals surface area contributed by atoms with Crippen LogP contribution in [0.15, 0.2) is 42.6 Å². The second-order valence-corrected chi connectivity index (χ2v) is 7.52. The molecule has 2 aromatic heterocycles. The number of fused-ring (bicyclic) bond motifs is 2. The first kappa shape index (κ1) is 18.2. The Morgan fingerprint density at radius 3 is 2.79 bits per heavy atom. The number of aryl methyl sites for hydroxylation is 2. The van der Waals surface area contributed by atoms with Crippen LogP contribution in [0.5, 0.6) is 0 Å². The number of carbonyl (C=O) groups is 2. The lowest BCUT2D eigenvalue weighted by Crippen LogP contribution is -2.38. The van der Waals surface area contributed by atoms with Gasteiger partial charge in [0.1, 0.15) is 11.3 Å². The number of hydrogen-bond donors (Lipinski definition) is 1. The van der Waals surface area contributed by atoms with E-state index >= 15 is 0 Å². The molecular weight excluding hydrogens is 352 g/mol. The SMILES string of the molecule is Cc1nc2ccccn2c1C(=O)Nc1ccc2c(c1)N(C(=O)C(C)C)CCC2. The zero-order chi connectivity index (χ0) is 19.8. The third-order valence-electron chi connectivity index (χ3n) is 5.14. The van der Waals surface area contributed by atoms with Crippen molar-refractivity contribution in [1.82, 2.24) is 9.38 Å². The summed E-state index contributed by atoms with van der Waals surface area (Å²) in [6.07, 6.45) is 3.73.